The van der Waals surface area contributed by atoms with Gasteiger partial charge >= 0.3 is 23.9 Å². The fraction of sp³-hybridized carbons (Fsp3) is 0.429. The number of ether oxygens (including phenoxy) is 5. The minimum Gasteiger partial charge on any atom is -0.456 e. The highest BCUT2D eigenvalue weighted by Gasteiger charge is 2.78. The smallest absolute Gasteiger partial charge is 0.338 e. The number of hydrogen-bond acceptors (Lipinski definition) is 14. The lowest BCUT2D eigenvalue weighted by molar-refractivity contribution is -0.345. The number of hydrogen-bond donors (Lipinski definition) is 4. The van der Waals surface area contributed by atoms with Gasteiger partial charge in [0, 0.05) is 36.8 Å². The summed E-state index contributed by atoms with van der Waals surface area (Å²) in [5.41, 5.74) is -6.68. The molecule has 1 spiro atoms. The summed E-state index contributed by atoms with van der Waals surface area (Å²) in [6.07, 6.45) is -8.00. The Morgan fingerprint density at radius 3 is 2.14 bits per heavy atom. The van der Waals surface area contributed by atoms with Crippen LogP contribution in [0.1, 0.15) is 85.3 Å². The van der Waals surface area contributed by atoms with Crippen LogP contribution in [0.2, 0.25) is 0 Å². The number of nitrogens with one attached hydrogen (secondary N) is 1. The van der Waals surface area contributed by atoms with Gasteiger partial charge in [0.05, 0.1) is 35.6 Å². The fourth-order valence-electron chi connectivity index (χ4n) is 10.8. The molecule has 15 heteroatoms. The van der Waals surface area contributed by atoms with E-state index in [0.717, 1.165) is 13.0 Å². The molecule has 3 aromatic carbocycles. The Balaban J connectivity index is 1.37. The van der Waals surface area contributed by atoms with E-state index in [9.17, 15) is 39.3 Å². The molecule has 15 nitrogen and oxygen atoms in total. The molecule has 11 atom stereocenters. The van der Waals surface area contributed by atoms with Crippen LogP contribution >= 0.6 is 0 Å². The van der Waals surface area contributed by atoms with E-state index in [1.54, 1.807) is 86.6 Å². The second-order valence-corrected chi connectivity index (χ2v) is 18.1. The average Bonchev–Trinajstić information content (AvgIpc) is 3.26. The van der Waals surface area contributed by atoms with Crippen LogP contribution in [-0.2, 0) is 49.3 Å². The van der Waals surface area contributed by atoms with Crippen molar-refractivity contribution in [1.29, 1.82) is 0 Å². The molecule has 1 saturated heterocycles. The summed E-state index contributed by atoms with van der Waals surface area (Å²) in [5.74, 6) is -7.02. The fourth-order valence-corrected chi connectivity index (χ4v) is 10.8. The monoisotopic (exact) mass is 877 g/mol. The highest BCUT2D eigenvalue weighted by molar-refractivity contribution is 5.96. The minimum atomic E-state index is -2.40. The number of allylic oxidation sites excluding steroid dienone is 1. The number of benzene rings is 3. The first-order valence-corrected chi connectivity index (χ1v) is 21.3. The van der Waals surface area contributed by atoms with E-state index >= 15 is 4.79 Å². The normalized spacial score (nSPS) is 34.3. The van der Waals surface area contributed by atoms with Crippen LogP contribution in [-0.4, -0.2) is 105 Å². The van der Waals surface area contributed by atoms with Crippen molar-refractivity contribution in [2.24, 2.45) is 16.7 Å². The maximum Gasteiger partial charge on any atom is 0.338 e. The summed E-state index contributed by atoms with van der Waals surface area (Å²) in [6, 6.07) is 21.3. The van der Waals surface area contributed by atoms with E-state index < -0.39 is 113 Å². The molecule has 2 heterocycles. The highest BCUT2D eigenvalue weighted by atomic mass is 16.6. The second-order valence-electron chi connectivity index (χ2n) is 18.1. The zero-order chi connectivity index (χ0) is 45.9. The van der Waals surface area contributed by atoms with Gasteiger partial charge in [-0.05, 0) is 66.8 Å². The molecule has 0 radical (unpaired) electrons. The number of esters is 4. The lowest BCUT2D eigenvalue weighted by Gasteiger charge is -2.67. The summed E-state index contributed by atoms with van der Waals surface area (Å²) in [5, 5.41) is 40.8. The first-order valence-electron chi connectivity index (χ1n) is 21.3. The molecule has 3 fully saturated rings. The molecule has 2 saturated carbocycles. The number of amides is 1. The number of carbonyl (C=O) groups excluding carboxylic acids is 6. The Morgan fingerprint density at radius 2 is 1.50 bits per heavy atom. The average molecular weight is 878 g/mol. The van der Waals surface area contributed by atoms with Crippen LogP contribution in [0.5, 0.6) is 0 Å². The molecule has 336 valence electrons. The summed E-state index contributed by atoms with van der Waals surface area (Å²) < 4.78 is 30.9. The van der Waals surface area contributed by atoms with Crippen molar-refractivity contribution in [2.45, 2.75) is 108 Å². The van der Waals surface area contributed by atoms with E-state index in [2.05, 4.69) is 5.32 Å². The molecule has 8 rings (SSSR count). The number of Topliss-reactive ketones (excluding diaryl/α,β-unsaturated/α-hetero) is 1. The van der Waals surface area contributed by atoms with Gasteiger partial charge in [0.1, 0.15) is 23.9 Å². The van der Waals surface area contributed by atoms with Gasteiger partial charge in [-0.3, -0.25) is 14.4 Å². The summed E-state index contributed by atoms with van der Waals surface area (Å²) >= 11 is 0. The number of carbonyl (C=O) groups is 6. The lowest BCUT2D eigenvalue weighted by Crippen LogP contribution is -2.82. The third-order valence-electron chi connectivity index (χ3n) is 14.3. The quantitative estimate of drug-likeness (QED) is 0.163. The number of ketones is 1. The molecule has 4 N–H and O–H groups in total. The zero-order valence-electron chi connectivity index (χ0n) is 36.0. The van der Waals surface area contributed by atoms with Crippen molar-refractivity contribution in [3.8, 4) is 0 Å². The van der Waals surface area contributed by atoms with E-state index in [1.165, 1.54) is 32.1 Å². The summed E-state index contributed by atoms with van der Waals surface area (Å²) in [7, 11) is 0. The van der Waals surface area contributed by atoms with Gasteiger partial charge in [-0.15, -0.1) is 0 Å². The van der Waals surface area contributed by atoms with Gasteiger partial charge in [0.2, 0.25) is 0 Å². The third kappa shape index (κ3) is 7.14. The maximum atomic E-state index is 15.6. The third-order valence-corrected chi connectivity index (χ3v) is 14.3. The molecule has 3 aliphatic carbocycles. The molecule has 64 heavy (non-hydrogen) atoms. The zero-order valence-corrected chi connectivity index (χ0v) is 36.0. The predicted molar refractivity (Wildman–Crippen MR) is 225 cm³/mol. The van der Waals surface area contributed by atoms with Gasteiger partial charge in [-0.25, -0.2) is 14.4 Å². The van der Waals surface area contributed by atoms with Crippen LogP contribution in [0.4, 0.5) is 0 Å². The SMILES string of the molecule is CC(=O)O[C@H]1C(=O)[C@]2(C)[C@@H](O)C[C@H]3OCC34OC(=O)C=CCc3ccccc3[C@@H](NC(=O)c3ccccc3)[C@@H](O)C(=O)O[C@@H]3C[C@@](O)([C@H](OC(=O)c5ccccc5)[C@@H]42)C(C)(C)C1=C3C. The standard InChI is InChI=1S/C49H51NO14/c1-26-32-24-49(59)42(63-44(57)30-18-10-7-11-19-30)40-47(5,41(55)39(61-27(2)51)36(26)46(49,3)4)33(52)23-34-48(40,25-60-34)64-35(53)22-14-20-28-15-12-13-21-31(28)37(38(54)45(58)62-32)50-43(56)29-16-8-6-9-17-29/h6-19,21-22,32-34,37-40,42,52,54,59H,20,23-25H2,1-5H3,(H,50,56)/t32-,33+,34-,37-,38-,39-,40-,42-,47-,48?,49-/m1/s1. The molecule has 1 amide bonds. The largest absolute Gasteiger partial charge is 0.456 e. The van der Waals surface area contributed by atoms with Gasteiger partial charge in [0.25, 0.3) is 5.91 Å². The van der Waals surface area contributed by atoms with E-state index in [1.807, 2.05) is 0 Å². The first kappa shape index (κ1) is 44.6. The Bertz CT molecular complexity index is 2450. The van der Waals surface area contributed by atoms with Crippen LogP contribution < -0.4 is 5.32 Å². The van der Waals surface area contributed by atoms with Gasteiger partial charge < -0.3 is 44.3 Å². The second kappa shape index (κ2) is 16.5. The number of rotatable bonds is 5. The van der Waals surface area contributed by atoms with Crippen molar-refractivity contribution in [3.63, 3.8) is 0 Å². The molecule has 1 unspecified atom stereocenters. The number of fused-ring (bicyclic) bond motifs is 3. The Morgan fingerprint density at radius 1 is 0.859 bits per heavy atom. The topological polar surface area (TPSA) is 221 Å². The van der Waals surface area contributed by atoms with Crippen molar-refractivity contribution in [1.82, 2.24) is 5.32 Å². The van der Waals surface area contributed by atoms with E-state index in [-0.39, 0.29) is 41.7 Å². The van der Waals surface area contributed by atoms with E-state index in [0.29, 0.717) is 11.1 Å². The molecular weight excluding hydrogens is 827 g/mol. The first-order chi connectivity index (χ1) is 30.3. The van der Waals surface area contributed by atoms with Crippen molar-refractivity contribution >= 4 is 35.6 Å². The number of aliphatic hydroxyl groups excluding tert-OH is 2. The predicted octanol–water partition coefficient (Wildman–Crippen LogP) is 3.83. The van der Waals surface area contributed by atoms with Crippen LogP contribution in [0.15, 0.2) is 108 Å². The molecule has 0 aromatic heterocycles. The Kier molecular flexibility index (Phi) is 11.5. The van der Waals surface area contributed by atoms with Gasteiger partial charge in [-0.2, -0.15) is 0 Å². The van der Waals surface area contributed by atoms with E-state index in [4.69, 9.17) is 23.7 Å². The molecule has 5 aliphatic rings. The summed E-state index contributed by atoms with van der Waals surface area (Å²) in [4.78, 5) is 85.5. The van der Waals surface area contributed by atoms with Crippen LogP contribution in [0.25, 0.3) is 0 Å². The minimum absolute atomic E-state index is 0.000437. The van der Waals surface area contributed by atoms with Gasteiger partial charge in [-0.1, -0.05) is 80.6 Å². The van der Waals surface area contributed by atoms with Gasteiger partial charge in [0.15, 0.2) is 23.6 Å². The Hall–Kier alpha value is -6.00. The molecular formula is C49H51NO14. The Labute approximate surface area is 369 Å². The summed E-state index contributed by atoms with van der Waals surface area (Å²) in [6.45, 7) is 6.83. The molecule has 4 bridgehead atoms. The van der Waals surface area contributed by atoms with Crippen molar-refractivity contribution < 1.29 is 67.8 Å². The lowest BCUT2D eigenvalue weighted by atomic mass is 9.44. The van der Waals surface area contributed by atoms with Crippen molar-refractivity contribution in [3.05, 3.63) is 130 Å². The highest BCUT2D eigenvalue weighted by Crippen LogP contribution is 2.64. The maximum absolute atomic E-state index is 15.6. The van der Waals surface area contributed by atoms with Crippen molar-refractivity contribution in [2.75, 3.05) is 6.61 Å². The van der Waals surface area contributed by atoms with Crippen LogP contribution in [0.3, 0.4) is 0 Å². The molecule has 2 aliphatic heterocycles. The van der Waals surface area contributed by atoms with Crippen LogP contribution in [0, 0.1) is 16.7 Å². The molecule has 3 aromatic rings. The number of aliphatic hydroxyl groups is 3.